The second-order valence-electron chi connectivity index (χ2n) is 9.72. The fraction of sp³-hybridized carbons (Fsp3) is 0.200. The minimum absolute atomic E-state index is 0.485. The predicted molar refractivity (Wildman–Crippen MR) is 149 cm³/mol. The number of fused-ring (bicyclic) bond motifs is 2. The van der Waals surface area contributed by atoms with E-state index in [1.54, 1.807) is 6.20 Å². The summed E-state index contributed by atoms with van der Waals surface area (Å²) in [7, 11) is 0. The second-order valence-corrected chi connectivity index (χ2v) is 9.72. The van der Waals surface area contributed by atoms with E-state index in [1.165, 1.54) is 30.3 Å². The van der Waals surface area contributed by atoms with E-state index in [2.05, 4.69) is 47.2 Å². The van der Waals surface area contributed by atoms with E-state index in [0.29, 0.717) is 12.4 Å². The van der Waals surface area contributed by atoms with Gasteiger partial charge in [-0.05, 0) is 43.0 Å². The van der Waals surface area contributed by atoms with Gasteiger partial charge in [-0.1, -0.05) is 30.3 Å². The Bertz CT molecular complexity index is 1720. The highest BCUT2D eigenvalue weighted by atomic mass is 16.5. The molecular formula is C30H27N7O. The van der Waals surface area contributed by atoms with E-state index in [0.717, 1.165) is 57.7 Å². The maximum Gasteiger partial charge on any atom is 0.138 e. The lowest BCUT2D eigenvalue weighted by atomic mass is 10.1. The minimum atomic E-state index is 0.485. The smallest absolute Gasteiger partial charge is 0.138 e. The van der Waals surface area contributed by atoms with Crippen molar-refractivity contribution in [1.29, 1.82) is 0 Å². The molecule has 6 aromatic rings. The molecule has 8 nitrogen and oxygen atoms in total. The molecule has 1 aliphatic rings. The van der Waals surface area contributed by atoms with E-state index in [-0.39, 0.29) is 0 Å². The van der Waals surface area contributed by atoms with Crippen LogP contribution in [0, 0.1) is 0 Å². The third kappa shape index (κ3) is 4.24. The molecule has 8 heteroatoms. The minimum Gasteiger partial charge on any atom is -0.487 e. The van der Waals surface area contributed by atoms with Gasteiger partial charge in [-0.2, -0.15) is 5.10 Å². The zero-order valence-corrected chi connectivity index (χ0v) is 20.9. The number of rotatable bonds is 6. The fourth-order valence-electron chi connectivity index (χ4n) is 5.21. The lowest BCUT2D eigenvalue weighted by molar-refractivity contribution is 0.305. The Balaban J connectivity index is 1.22. The number of pyridine rings is 3. The molecule has 1 saturated heterocycles. The zero-order valence-electron chi connectivity index (χ0n) is 20.9. The predicted octanol–water partition coefficient (Wildman–Crippen LogP) is 6.13. The van der Waals surface area contributed by atoms with E-state index < -0.39 is 0 Å². The Morgan fingerprint density at radius 1 is 0.816 bits per heavy atom. The van der Waals surface area contributed by atoms with Crippen molar-refractivity contribution in [1.82, 2.24) is 30.1 Å². The summed E-state index contributed by atoms with van der Waals surface area (Å²) in [5.74, 6) is 0.703. The van der Waals surface area contributed by atoms with Crippen LogP contribution in [0.4, 0.5) is 5.69 Å². The highest BCUT2D eigenvalue weighted by molar-refractivity contribution is 6.00. The molecule has 5 aromatic heterocycles. The SMILES string of the molecule is c1ccc(COc2cncc(-c3cc4c(-c5cc6c(N7CCCCC7)cncc6[nH]5)n[nH]c4cn3)c2)cc1. The summed E-state index contributed by atoms with van der Waals surface area (Å²) in [6.45, 7) is 2.63. The number of nitrogens with one attached hydrogen (secondary N) is 2. The van der Waals surface area contributed by atoms with Crippen molar-refractivity contribution in [3.05, 3.63) is 85.1 Å². The van der Waals surface area contributed by atoms with Crippen molar-refractivity contribution in [2.45, 2.75) is 25.9 Å². The molecule has 0 bridgehead atoms. The zero-order chi connectivity index (χ0) is 25.3. The number of aromatic amines is 2. The third-order valence-corrected chi connectivity index (χ3v) is 7.18. The van der Waals surface area contributed by atoms with Crippen molar-refractivity contribution in [2.24, 2.45) is 0 Å². The summed E-state index contributed by atoms with van der Waals surface area (Å²) in [5.41, 5.74) is 7.69. The molecule has 0 spiro atoms. The molecule has 0 unspecified atom stereocenters. The number of hydrogen-bond donors (Lipinski definition) is 2. The van der Waals surface area contributed by atoms with Gasteiger partial charge in [0, 0.05) is 35.6 Å². The molecule has 1 aromatic carbocycles. The largest absolute Gasteiger partial charge is 0.487 e. The lowest BCUT2D eigenvalue weighted by Crippen LogP contribution is -2.29. The molecular weight excluding hydrogens is 474 g/mol. The molecule has 7 rings (SSSR count). The standard InChI is InChI=1S/C30H27N7O/c1-3-7-20(8-4-1)19-38-22-11-21(14-31-15-22)25-13-24-28(17-33-25)35-36-30(24)26-12-23-27(34-26)16-32-18-29(23)37-9-5-2-6-10-37/h1,3-4,7-8,11-18,34H,2,5-6,9-10,19H2,(H,35,36). The van der Waals surface area contributed by atoms with Crippen LogP contribution >= 0.6 is 0 Å². The van der Waals surface area contributed by atoms with Crippen LogP contribution in [0.2, 0.25) is 0 Å². The first-order valence-electron chi connectivity index (χ1n) is 13.0. The normalized spacial score (nSPS) is 13.8. The number of ether oxygens (including phenoxy) is 1. The molecule has 38 heavy (non-hydrogen) atoms. The second kappa shape index (κ2) is 9.63. The van der Waals surface area contributed by atoms with Gasteiger partial charge >= 0.3 is 0 Å². The van der Waals surface area contributed by atoms with Crippen LogP contribution < -0.4 is 9.64 Å². The van der Waals surface area contributed by atoms with Crippen molar-refractivity contribution in [2.75, 3.05) is 18.0 Å². The number of aromatic nitrogens is 6. The molecule has 0 radical (unpaired) electrons. The lowest BCUT2D eigenvalue weighted by Gasteiger charge is -2.28. The van der Waals surface area contributed by atoms with E-state index >= 15 is 0 Å². The molecule has 1 fully saturated rings. The van der Waals surface area contributed by atoms with Gasteiger partial charge < -0.3 is 14.6 Å². The molecule has 0 aliphatic carbocycles. The van der Waals surface area contributed by atoms with Gasteiger partial charge in [0.25, 0.3) is 0 Å². The number of benzene rings is 1. The summed E-state index contributed by atoms with van der Waals surface area (Å²) < 4.78 is 5.99. The molecule has 0 atom stereocenters. The Labute approximate surface area is 219 Å². The Morgan fingerprint density at radius 3 is 2.58 bits per heavy atom. The Kier molecular flexibility index (Phi) is 5.69. The first kappa shape index (κ1) is 22.5. The van der Waals surface area contributed by atoms with Crippen LogP contribution in [0.25, 0.3) is 44.5 Å². The summed E-state index contributed by atoms with van der Waals surface area (Å²) in [6.07, 6.45) is 13.0. The quantitative estimate of drug-likeness (QED) is 0.285. The average molecular weight is 502 g/mol. The van der Waals surface area contributed by atoms with Crippen LogP contribution in [0.15, 0.2) is 79.5 Å². The van der Waals surface area contributed by atoms with Crippen LogP contribution in [0.5, 0.6) is 5.75 Å². The topological polar surface area (TPSA) is 95.6 Å². The molecule has 2 N–H and O–H groups in total. The first-order chi connectivity index (χ1) is 18.8. The molecule has 188 valence electrons. The number of nitrogens with zero attached hydrogens (tertiary/aromatic N) is 5. The number of piperidine rings is 1. The number of H-pyrrole nitrogens is 2. The van der Waals surface area contributed by atoms with Gasteiger partial charge in [0.2, 0.25) is 0 Å². The van der Waals surface area contributed by atoms with Crippen molar-refractivity contribution >= 4 is 27.5 Å². The summed E-state index contributed by atoms with van der Waals surface area (Å²) in [4.78, 5) is 19.6. The third-order valence-electron chi connectivity index (χ3n) is 7.18. The van der Waals surface area contributed by atoms with Gasteiger partial charge in [0.1, 0.15) is 18.1 Å². The van der Waals surface area contributed by atoms with Gasteiger partial charge in [-0.15, -0.1) is 0 Å². The van der Waals surface area contributed by atoms with Crippen molar-refractivity contribution < 1.29 is 4.74 Å². The Hall–Kier alpha value is -4.72. The highest BCUT2D eigenvalue weighted by Crippen LogP contribution is 2.34. The van der Waals surface area contributed by atoms with E-state index in [9.17, 15) is 0 Å². The molecule has 6 heterocycles. The monoisotopic (exact) mass is 501 g/mol. The average Bonchev–Trinajstić information content (AvgIpc) is 3.61. The van der Waals surface area contributed by atoms with E-state index in [1.807, 2.05) is 61.2 Å². The van der Waals surface area contributed by atoms with Crippen molar-refractivity contribution in [3.8, 4) is 28.4 Å². The molecule has 0 saturated carbocycles. The van der Waals surface area contributed by atoms with Crippen molar-refractivity contribution in [3.63, 3.8) is 0 Å². The van der Waals surface area contributed by atoms with Crippen LogP contribution in [-0.4, -0.2) is 43.2 Å². The van der Waals surface area contributed by atoms with Crippen LogP contribution in [0.3, 0.4) is 0 Å². The van der Waals surface area contributed by atoms with E-state index in [4.69, 9.17) is 4.74 Å². The Morgan fingerprint density at radius 2 is 1.68 bits per heavy atom. The molecule has 0 amide bonds. The van der Waals surface area contributed by atoms with Gasteiger partial charge in [-0.25, -0.2) is 0 Å². The van der Waals surface area contributed by atoms with Gasteiger partial charge in [0.05, 0.1) is 52.9 Å². The maximum absolute atomic E-state index is 5.99. The number of anilines is 1. The maximum atomic E-state index is 5.99. The number of hydrogen-bond acceptors (Lipinski definition) is 6. The summed E-state index contributed by atoms with van der Waals surface area (Å²) in [5, 5.41) is 9.95. The van der Waals surface area contributed by atoms with Gasteiger partial charge in [-0.3, -0.25) is 20.1 Å². The first-order valence-corrected chi connectivity index (χ1v) is 13.0. The van der Waals surface area contributed by atoms with Crippen LogP contribution in [0.1, 0.15) is 24.8 Å². The van der Waals surface area contributed by atoms with Crippen LogP contribution in [-0.2, 0) is 6.61 Å². The fourth-order valence-corrected chi connectivity index (χ4v) is 5.21. The molecule has 1 aliphatic heterocycles. The highest BCUT2D eigenvalue weighted by Gasteiger charge is 2.18. The summed E-state index contributed by atoms with van der Waals surface area (Å²) >= 11 is 0. The van der Waals surface area contributed by atoms with Gasteiger partial charge in [0.15, 0.2) is 0 Å². The summed E-state index contributed by atoms with van der Waals surface area (Å²) in [6, 6.07) is 16.3.